The molecule has 1 aromatic rings. The van der Waals surface area contributed by atoms with E-state index in [-0.39, 0.29) is 30.4 Å². The SMILES string of the molecule is Cc1cc(Cl)ccc1N1C(=O)C[C@@H](SCCC(=O)[O-])C1=O. The van der Waals surface area contributed by atoms with Crippen molar-refractivity contribution < 1.29 is 19.5 Å². The van der Waals surface area contributed by atoms with Crippen molar-refractivity contribution in [2.45, 2.75) is 25.0 Å². The summed E-state index contributed by atoms with van der Waals surface area (Å²) >= 11 is 7.04. The number of rotatable bonds is 5. The monoisotopic (exact) mass is 326 g/mol. The molecule has 7 heteroatoms. The Morgan fingerprint density at radius 1 is 1.48 bits per heavy atom. The second-order valence-corrected chi connectivity index (χ2v) is 6.43. The fourth-order valence-corrected chi connectivity index (χ4v) is 3.45. The van der Waals surface area contributed by atoms with Gasteiger partial charge in [0.25, 0.3) is 0 Å². The number of carboxylic acids is 1. The van der Waals surface area contributed by atoms with Crippen molar-refractivity contribution in [3.63, 3.8) is 0 Å². The van der Waals surface area contributed by atoms with Crippen molar-refractivity contribution >= 4 is 46.8 Å². The van der Waals surface area contributed by atoms with Crippen molar-refractivity contribution in [1.82, 2.24) is 0 Å². The van der Waals surface area contributed by atoms with Gasteiger partial charge in [-0.3, -0.25) is 9.59 Å². The fourth-order valence-electron chi connectivity index (χ4n) is 2.14. The van der Waals surface area contributed by atoms with Crippen molar-refractivity contribution in [2.24, 2.45) is 0 Å². The molecule has 1 fully saturated rings. The molecule has 0 aliphatic carbocycles. The van der Waals surface area contributed by atoms with E-state index in [0.29, 0.717) is 10.7 Å². The summed E-state index contributed by atoms with van der Waals surface area (Å²) in [7, 11) is 0. The molecule has 0 radical (unpaired) electrons. The van der Waals surface area contributed by atoms with Crippen molar-refractivity contribution in [2.75, 3.05) is 10.7 Å². The summed E-state index contributed by atoms with van der Waals surface area (Å²) in [5.41, 5.74) is 1.27. The molecule has 1 heterocycles. The number of halogens is 1. The number of benzene rings is 1. The van der Waals surface area contributed by atoms with Crippen LogP contribution in [0.1, 0.15) is 18.4 Å². The Labute approximate surface area is 131 Å². The van der Waals surface area contributed by atoms with Gasteiger partial charge in [0.15, 0.2) is 0 Å². The highest BCUT2D eigenvalue weighted by Gasteiger charge is 2.40. The summed E-state index contributed by atoms with van der Waals surface area (Å²) in [4.78, 5) is 35.9. The molecule has 2 rings (SSSR count). The van der Waals surface area contributed by atoms with Gasteiger partial charge in [-0.2, -0.15) is 0 Å². The number of carbonyl (C=O) groups is 3. The zero-order valence-electron chi connectivity index (χ0n) is 11.3. The highest BCUT2D eigenvalue weighted by molar-refractivity contribution is 8.00. The van der Waals surface area contributed by atoms with Crippen LogP contribution in [0.4, 0.5) is 5.69 Å². The maximum atomic E-state index is 12.3. The molecule has 0 saturated carbocycles. The normalized spacial score (nSPS) is 18.4. The van der Waals surface area contributed by atoms with Gasteiger partial charge in [0, 0.05) is 17.4 Å². The highest BCUT2D eigenvalue weighted by atomic mass is 35.5. The summed E-state index contributed by atoms with van der Waals surface area (Å²) in [6.45, 7) is 1.78. The molecule has 5 nitrogen and oxygen atoms in total. The predicted molar refractivity (Wildman–Crippen MR) is 79.2 cm³/mol. The van der Waals surface area contributed by atoms with Crippen LogP contribution in [0.2, 0.25) is 5.02 Å². The number of anilines is 1. The van der Waals surface area contributed by atoms with Gasteiger partial charge < -0.3 is 9.90 Å². The molecule has 0 bridgehead atoms. The second-order valence-electron chi connectivity index (χ2n) is 4.68. The highest BCUT2D eigenvalue weighted by Crippen LogP contribution is 2.32. The number of aliphatic carboxylic acids is 1. The summed E-state index contributed by atoms with van der Waals surface area (Å²) in [6, 6.07) is 4.96. The molecule has 1 saturated heterocycles. The van der Waals surface area contributed by atoms with Gasteiger partial charge in [-0.05, 0) is 42.9 Å². The molecule has 0 unspecified atom stereocenters. The fraction of sp³-hybridized carbons (Fsp3) is 0.357. The topological polar surface area (TPSA) is 77.5 Å². The molecular weight excluding hydrogens is 314 g/mol. The number of aryl methyl sites for hydroxylation is 1. The lowest BCUT2D eigenvalue weighted by Crippen LogP contribution is -2.32. The predicted octanol–water partition coefficient (Wildman–Crippen LogP) is 1.15. The van der Waals surface area contributed by atoms with E-state index in [1.54, 1.807) is 25.1 Å². The lowest BCUT2D eigenvalue weighted by Gasteiger charge is -2.17. The molecule has 0 N–H and O–H groups in total. The van der Waals surface area contributed by atoms with Crippen LogP contribution in [0.3, 0.4) is 0 Å². The smallest absolute Gasteiger partial charge is 0.247 e. The Bertz CT molecular complexity index is 605. The molecule has 2 amide bonds. The number of nitrogens with zero attached hydrogens (tertiary/aromatic N) is 1. The number of amides is 2. The minimum absolute atomic E-state index is 0.0820. The number of thioether (sulfide) groups is 1. The first-order valence-electron chi connectivity index (χ1n) is 6.34. The van der Waals surface area contributed by atoms with Gasteiger partial charge in [-0.15, -0.1) is 11.8 Å². The third kappa shape index (κ3) is 3.57. The molecule has 1 atom stereocenters. The largest absolute Gasteiger partial charge is 0.550 e. The van der Waals surface area contributed by atoms with Gasteiger partial charge in [-0.25, -0.2) is 4.90 Å². The van der Waals surface area contributed by atoms with E-state index in [2.05, 4.69) is 0 Å². The van der Waals surface area contributed by atoms with E-state index in [0.717, 1.165) is 10.5 Å². The van der Waals surface area contributed by atoms with Crippen LogP contribution in [-0.2, 0) is 14.4 Å². The number of hydrogen-bond acceptors (Lipinski definition) is 5. The quantitative estimate of drug-likeness (QED) is 0.759. The molecule has 112 valence electrons. The van der Waals surface area contributed by atoms with E-state index in [4.69, 9.17) is 11.6 Å². The molecular formula is C14H13ClNO4S-. The Morgan fingerprint density at radius 2 is 2.19 bits per heavy atom. The van der Waals surface area contributed by atoms with Crippen molar-refractivity contribution in [1.29, 1.82) is 0 Å². The lowest BCUT2D eigenvalue weighted by molar-refractivity contribution is -0.305. The molecule has 0 aromatic heterocycles. The molecule has 1 aliphatic heterocycles. The third-order valence-electron chi connectivity index (χ3n) is 3.13. The van der Waals surface area contributed by atoms with Crippen molar-refractivity contribution in [3.05, 3.63) is 28.8 Å². The Balaban J connectivity index is 2.13. The van der Waals surface area contributed by atoms with Crippen LogP contribution < -0.4 is 10.0 Å². The number of carbonyl (C=O) groups excluding carboxylic acids is 3. The van der Waals surface area contributed by atoms with E-state index >= 15 is 0 Å². The Hall–Kier alpha value is -1.53. The average Bonchev–Trinajstić information content (AvgIpc) is 2.65. The standard InChI is InChI=1S/C14H14ClNO4S/c1-8-6-9(15)2-3-10(8)16-12(17)7-11(14(16)20)21-5-4-13(18)19/h2-3,6,11H,4-5,7H2,1H3,(H,18,19)/p-1/t11-/m1/s1. The van der Waals surface area contributed by atoms with E-state index in [1.165, 1.54) is 11.8 Å². The maximum Gasteiger partial charge on any atom is 0.247 e. The van der Waals surface area contributed by atoms with Gasteiger partial charge >= 0.3 is 0 Å². The first kappa shape index (κ1) is 15.9. The minimum Gasteiger partial charge on any atom is -0.550 e. The van der Waals surface area contributed by atoms with Gasteiger partial charge in [0.05, 0.1) is 10.9 Å². The summed E-state index contributed by atoms with van der Waals surface area (Å²) in [5, 5.41) is 10.4. The van der Waals surface area contributed by atoms with Gasteiger partial charge in [0.1, 0.15) is 0 Å². The van der Waals surface area contributed by atoms with Gasteiger partial charge in [0.2, 0.25) is 11.8 Å². The minimum atomic E-state index is -1.16. The molecule has 21 heavy (non-hydrogen) atoms. The van der Waals surface area contributed by atoms with Crippen LogP contribution >= 0.6 is 23.4 Å². The van der Waals surface area contributed by atoms with Crippen LogP contribution in [0.25, 0.3) is 0 Å². The van der Waals surface area contributed by atoms with Crippen LogP contribution in [0, 0.1) is 6.92 Å². The van der Waals surface area contributed by atoms with Gasteiger partial charge in [-0.1, -0.05) is 11.6 Å². The number of hydrogen-bond donors (Lipinski definition) is 0. The third-order valence-corrected chi connectivity index (χ3v) is 4.58. The zero-order chi connectivity index (χ0) is 15.6. The van der Waals surface area contributed by atoms with Crippen LogP contribution in [-0.4, -0.2) is 28.8 Å². The van der Waals surface area contributed by atoms with E-state index in [1.807, 2.05) is 0 Å². The van der Waals surface area contributed by atoms with Crippen molar-refractivity contribution in [3.8, 4) is 0 Å². The first-order valence-corrected chi connectivity index (χ1v) is 7.77. The first-order chi connectivity index (χ1) is 9.90. The van der Waals surface area contributed by atoms with Crippen LogP contribution in [0.5, 0.6) is 0 Å². The van der Waals surface area contributed by atoms with Crippen LogP contribution in [0.15, 0.2) is 18.2 Å². The summed E-state index contributed by atoms with van der Waals surface area (Å²) in [5.74, 6) is -1.51. The lowest BCUT2D eigenvalue weighted by atomic mass is 10.2. The average molecular weight is 327 g/mol. The molecule has 1 aromatic carbocycles. The number of imide groups is 1. The second kappa shape index (κ2) is 6.49. The summed E-state index contributed by atoms with van der Waals surface area (Å²) in [6.07, 6.45) is -0.0543. The molecule has 0 spiro atoms. The Morgan fingerprint density at radius 3 is 2.81 bits per heavy atom. The molecule has 1 aliphatic rings. The number of carboxylic acid groups (broad SMARTS) is 1. The maximum absolute atomic E-state index is 12.3. The van der Waals surface area contributed by atoms with E-state index < -0.39 is 11.2 Å². The van der Waals surface area contributed by atoms with E-state index in [9.17, 15) is 19.5 Å². The summed E-state index contributed by atoms with van der Waals surface area (Å²) < 4.78 is 0. The Kier molecular flexibility index (Phi) is 4.90. The zero-order valence-corrected chi connectivity index (χ0v) is 12.9.